The Morgan fingerprint density at radius 2 is 2.37 bits per heavy atom. The topological polar surface area (TPSA) is 90.5 Å². The van der Waals surface area contributed by atoms with Gasteiger partial charge in [0.15, 0.2) is 0 Å². The summed E-state index contributed by atoms with van der Waals surface area (Å²) >= 11 is 0. The molecule has 108 valence electrons. The van der Waals surface area contributed by atoms with Crippen molar-refractivity contribution in [2.24, 2.45) is 5.92 Å². The fourth-order valence-electron chi connectivity index (χ4n) is 2.92. The van der Waals surface area contributed by atoms with E-state index in [4.69, 9.17) is 0 Å². The Morgan fingerprint density at radius 1 is 1.58 bits per heavy atom. The number of hydrogen-bond donors (Lipinski definition) is 4. The third-order valence-electron chi connectivity index (χ3n) is 3.99. The monoisotopic (exact) mass is 269 g/mol. The molecule has 3 unspecified atom stereocenters. The predicted molar refractivity (Wildman–Crippen MR) is 70.4 cm³/mol. The van der Waals surface area contributed by atoms with Gasteiger partial charge >= 0.3 is 0 Å². The number of hydrogen-bond acceptors (Lipinski definition) is 4. The molecule has 6 heteroatoms. The molecule has 2 fully saturated rings. The first-order valence-electron chi connectivity index (χ1n) is 6.99. The standard InChI is InChI=1S/C13H23N3O3/c1-9-3-2-4-13(19,5-9)8-16-12(18)10-6-15-11(17)7-14-10/h9-10,14,19H,2-8H2,1H3,(H,15,17)(H,16,18). The minimum atomic E-state index is -0.773. The number of rotatable bonds is 3. The third-order valence-corrected chi connectivity index (χ3v) is 3.99. The van der Waals surface area contributed by atoms with Crippen molar-refractivity contribution >= 4 is 11.8 Å². The van der Waals surface area contributed by atoms with Gasteiger partial charge in [0.05, 0.1) is 12.1 Å². The van der Waals surface area contributed by atoms with Gasteiger partial charge in [-0.2, -0.15) is 0 Å². The summed E-state index contributed by atoms with van der Waals surface area (Å²) in [6.07, 6.45) is 3.63. The molecule has 0 aromatic rings. The summed E-state index contributed by atoms with van der Waals surface area (Å²) < 4.78 is 0. The Labute approximate surface area is 113 Å². The van der Waals surface area contributed by atoms with Crippen LogP contribution in [0, 0.1) is 5.92 Å². The Bertz CT molecular complexity index is 351. The molecule has 1 aliphatic heterocycles. The Hall–Kier alpha value is -1.14. The van der Waals surface area contributed by atoms with Crippen LogP contribution < -0.4 is 16.0 Å². The van der Waals surface area contributed by atoms with Crippen molar-refractivity contribution < 1.29 is 14.7 Å². The van der Waals surface area contributed by atoms with E-state index in [0.29, 0.717) is 19.0 Å². The van der Waals surface area contributed by atoms with Crippen molar-refractivity contribution in [1.82, 2.24) is 16.0 Å². The van der Waals surface area contributed by atoms with Gasteiger partial charge in [-0.05, 0) is 18.8 Å². The highest BCUT2D eigenvalue weighted by atomic mass is 16.3. The van der Waals surface area contributed by atoms with Gasteiger partial charge in [0.1, 0.15) is 6.04 Å². The fourth-order valence-corrected chi connectivity index (χ4v) is 2.92. The Kier molecular flexibility index (Phi) is 4.42. The molecule has 2 aliphatic rings. The summed E-state index contributed by atoms with van der Waals surface area (Å²) in [4.78, 5) is 22.9. The van der Waals surface area contributed by atoms with E-state index in [1.807, 2.05) is 0 Å². The molecule has 0 aromatic heterocycles. The lowest BCUT2D eigenvalue weighted by Crippen LogP contribution is -2.59. The molecule has 0 aromatic carbocycles. The normalized spacial score (nSPS) is 35.6. The lowest BCUT2D eigenvalue weighted by Gasteiger charge is -2.36. The number of carbonyl (C=O) groups is 2. The SMILES string of the molecule is CC1CCCC(O)(CNC(=O)C2CNC(=O)CN2)C1. The average Bonchev–Trinajstić information content (AvgIpc) is 2.37. The van der Waals surface area contributed by atoms with Crippen LogP contribution in [-0.4, -0.2) is 48.2 Å². The molecule has 1 saturated carbocycles. The van der Waals surface area contributed by atoms with Crippen molar-refractivity contribution in [3.8, 4) is 0 Å². The summed E-state index contributed by atoms with van der Waals surface area (Å²) in [6.45, 7) is 2.89. The largest absolute Gasteiger partial charge is 0.388 e. The van der Waals surface area contributed by atoms with E-state index in [0.717, 1.165) is 25.7 Å². The maximum Gasteiger partial charge on any atom is 0.239 e. The van der Waals surface area contributed by atoms with Crippen LogP contribution >= 0.6 is 0 Å². The quantitative estimate of drug-likeness (QED) is 0.536. The van der Waals surface area contributed by atoms with Crippen LogP contribution in [0.1, 0.15) is 32.6 Å². The number of nitrogens with one attached hydrogen (secondary N) is 3. The Balaban J connectivity index is 1.78. The van der Waals surface area contributed by atoms with Crippen LogP contribution in [-0.2, 0) is 9.59 Å². The van der Waals surface area contributed by atoms with Crippen LogP contribution in [0.5, 0.6) is 0 Å². The molecule has 1 saturated heterocycles. The maximum absolute atomic E-state index is 11.9. The molecular weight excluding hydrogens is 246 g/mol. The molecule has 1 heterocycles. The maximum atomic E-state index is 11.9. The molecule has 0 radical (unpaired) electrons. The minimum Gasteiger partial charge on any atom is -0.388 e. The van der Waals surface area contributed by atoms with Crippen LogP contribution in [0.2, 0.25) is 0 Å². The first kappa shape index (κ1) is 14.3. The van der Waals surface area contributed by atoms with Crippen LogP contribution in [0.15, 0.2) is 0 Å². The molecule has 0 bridgehead atoms. The van der Waals surface area contributed by atoms with Crippen molar-refractivity contribution in [2.45, 2.75) is 44.2 Å². The van der Waals surface area contributed by atoms with E-state index in [1.54, 1.807) is 0 Å². The van der Waals surface area contributed by atoms with Crippen molar-refractivity contribution in [3.05, 3.63) is 0 Å². The summed E-state index contributed by atoms with van der Waals surface area (Å²) in [5.74, 6) is 0.248. The lowest BCUT2D eigenvalue weighted by molar-refractivity contribution is -0.127. The second-order valence-electron chi connectivity index (χ2n) is 5.88. The second kappa shape index (κ2) is 5.88. The molecule has 2 amide bonds. The van der Waals surface area contributed by atoms with Gasteiger partial charge < -0.3 is 15.7 Å². The molecule has 1 aliphatic carbocycles. The summed E-state index contributed by atoms with van der Waals surface area (Å²) in [5.41, 5.74) is -0.773. The van der Waals surface area contributed by atoms with E-state index in [2.05, 4.69) is 22.9 Å². The number of aliphatic hydroxyl groups is 1. The molecule has 4 N–H and O–H groups in total. The highest BCUT2D eigenvalue weighted by molar-refractivity contribution is 5.86. The number of piperazine rings is 1. The van der Waals surface area contributed by atoms with Gasteiger partial charge in [-0.3, -0.25) is 14.9 Å². The van der Waals surface area contributed by atoms with E-state index >= 15 is 0 Å². The molecule has 19 heavy (non-hydrogen) atoms. The van der Waals surface area contributed by atoms with Gasteiger partial charge in [0.2, 0.25) is 11.8 Å². The second-order valence-corrected chi connectivity index (χ2v) is 5.88. The van der Waals surface area contributed by atoms with Crippen molar-refractivity contribution in [3.63, 3.8) is 0 Å². The average molecular weight is 269 g/mol. The minimum absolute atomic E-state index is 0.0937. The predicted octanol–water partition coefficient (Wildman–Crippen LogP) is -0.868. The summed E-state index contributed by atoms with van der Waals surface area (Å²) in [6, 6.07) is -0.401. The van der Waals surface area contributed by atoms with Gasteiger partial charge in [-0.25, -0.2) is 0 Å². The van der Waals surface area contributed by atoms with Gasteiger partial charge in [-0.15, -0.1) is 0 Å². The Morgan fingerprint density at radius 3 is 3.00 bits per heavy atom. The third kappa shape index (κ3) is 3.91. The van der Waals surface area contributed by atoms with Crippen LogP contribution in [0.4, 0.5) is 0 Å². The highest BCUT2D eigenvalue weighted by Gasteiger charge is 2.34. The van der Waals surface area contributed by atoms with Crippen LogP contribution in [0.3, 0.4) is 0 Å². The number of carbonyl (C=O) groups excluding carboxylic acids is 2. The van der Waals surface area contributed by atoms with Crippen molar-refractivity contribution in [2.75, 3.05) is 19.6 Å². The zero-order valence-corrected chi connectivity index (χ0v) is 11.4. The smallest absolute Gasteiger partial charge is 0.239 e. The molecular formula is C13H23N3O3. The molecule has 2 rings (SSSR count). The first-order chi connectivity index (χ1) is 8.98. The zero-order valence-electron chi connectivity index (χ0n) is 11.4. The van der Waals surface area contributed by atoms with E-state index in [1.165, 1.54) is 0 Å². The van der Waals surface area contributed by atoms with Gasteiger partial charge in [0.25, 0.3) is 0 Å². The van der Waals surface area contributed by atoms with Gasteiger partial charge in [0, 0.05) is 13.1 Å². The van der Waals surface area contributed by atoms with E-state index in [-0.39, 0.29) is 18.4 Å². The summed E-state index contributed by atoms with van der Waals surface area (Å²) in [7, 11) is 0. The fraction of sp³-hybridized carbons (Fsp3) is 0.846. The van der Waals surface area contributed by atoms with E-state index in [9.17, 15) is 14.7 Å². The molecule has 3 atom stereocenters. The van der Waals surface area contributed by atoms with Crippen molar-refractivity contribution in [1.29, 1.82) is 0 Å². The van der Waals surface area contributed by atoms with Crippen LogP contribution in [0.25, 0.3) is 0 Å². The lowest BCUT2D eigenvalue weighted by atomic mass is 9.79. The van der Waals surface area contributed by atoms with Gasteiger partial charge in [-0.1, -0.05) is 19.8 Å². The highest BCUT2D eigenvalue weighted by Crippen LogP contribution is 2.31. The summed E-state index contributed by atoms with van der Waals surface area (Å²) in [5, 5.41) is 18.7. The van der Waals surface area contributed by atoms with E-state index < -0.39 is 11.6 Å². The number of amides is 2. The first-order valence-corrected chi connectivity index (χ1v) is 6.99. The molecule has 6 nitrogen and oxygen atoms in total. The molecule has 0 spiro atoms. The zero-order chi connectivity index (χ0) is 13.9.